The average molecular weight is 300 g/mol. The van der Waals surface area contributed by atoms with Gasteiger partial charge >= 0.3 is 0 Å². The molecule has 21 heavy (non-hydrogen) atoms. The summed E-state index contributed by atoms with van der Waals surface area (Å²) in [6.07, 6.45) is 3.38. The van der Waals surface area contributed by atoms with Gasteiger partial charge in [0, 0.05) is 19.9 Å². The summed E-state index contributed by atoms with van der Waals surface area (Å²) < 4.78 is 0.925. The van der Waals surface area contributed by atoms with E-state index in [1.165, 1.54) is 0 Å². The van der Waals surface area contributed by atoms with Crippen molar-refractivity contribution in [3.63, 3.8) is 0 Å². The number of nitrogens with zero attached hydrogens (tertiary/aromatic N) is 1. The Bertz CT molecular complexity index is 336. The monoisotopic (exact) mass is 300 g/mol. The maximum atomic E-state index is 11.7. The van der Waals surface area contributed by atoms with E-state index in [0.717, 1.165) is 49.9 Å². The number of carbonyl (C=O) groups excluding carboxylic acids is 2. The van der Waals surface area contributed by atoms with E-state index in [4.69, 9.17) is 0 Å². The van der Waals surface area contributed by atoms with Crippen molar-refractivity contribution in [1.29, 1.82) is 0 Å². The minimum absolute atomic E-state index is 0.0257. The lowest BCUT2D eigenvalue weighted by Crippen LogP contribution is -2.68. The maximum Gasteiger partial charge on any atom is 0.220 e. The Labute approximate surface area is 127 Å². The SMILES string of the molecule is CCC[N+]1(CCNC(=O)CCCCC(=O)NC)CC(O)C1. The lowest BCUT2D eigenvalue weighted by Gasteiger charge is -2.48. The van der Waals surface area contributed by atoms with Crippen molar-refractivity contribution >= 4 is 11.8 Å². The van der Waals surface area contributed by atoms with Gasteiger partial charge in [0.15, 0.2) is 6.10 Å². The molecule has 0 atom stereocenters. The molecule has 0 aliphatic carbocycles. The van der Waals surface area contributed by atoms with E-state index in [0.29, 0.717) is 19.4 Å². The largest absolute Gasteiger partial charge is 0.382 e. The Morgan fingerprint density at radius 3 is 2.29 bits per heavy atom. The molecule has 0 aromatic rings. The van der Waals surface area contributed by atoms with Crippen molar-refractivity contribution in [1.82, 2.24) is 10.6 Å². The van der Waals surface area contributed by atoms with Crippen LogP contribution in [0.2, 0.25) is 0 Å². The highest BCUT2D eigenvalue weighted by Gasteiger charge is 2.41. The van der Waals surface area contributed by atoms with Crippen LogP contribution in [0.4, 0.5) is 0 Å². The topological polar surface area (TPSA) is 78.4 Å². The third-order valence-electron chi connectivity index (χ3n) is 4.14. The third-order valence-corrected chi connectivity index (χ3v) is 4.14. The van der Waals surface area contributed by atoms with Crippen molar-refractivity contribution in [2.75, 3.05) is 39.8 Å². The second-order valence-corrected chi connectivity index (χ2v) is 6.04. The highest BCUT2D eigenvalue weighted by molar-refractivity contribution is 5.76. The molecule has 0 spiro atoms. The molecule has 1 aliphatic rings. The van der Waals surface area contributed by atoms with Crippen molar-refractivity contribution in [2.24, 2.45) is 0 Å². The van der Waals surface area contributed by atoms with Crippen LogP contribution < -0.4 is 10.6 Å². The highest BCUT2D eigenvalue weighted by atomic mass is 16.3. The van der Waals surface area contributed by atoms with Gasteiger partial charge in [-0.05, 0) is 19.3 Å². The van der Waals surface area contributed by atoms with Crippen LogP contribution in [0.15, 0.2) is 0 Å². The number of amides is 2. The van der Waals surface area contributed by atoms with E-state index in [1.54, 1.807) is 7.05 Å². The van der Waals surface area contributed by atoms with Gasteiger partial charge in [-0.1, -0.05) is 6.92 Å². The Kier molecular flexibility index (Phi) is 7.67. The zero-order valence-corrected chi connectivity index (χ0v) is 13.4. The van der Waals surface area contributed by atoms with Crippen LogP contribution >= 0.6 is 0 Å². The quantitative estimate of drug-likeness (QED) is 0.393. The number of unbranched alkanes of at least 4 members (excludes halogenated alkanes) is 1. The van der Waals surface area contributed by atoms with Gasteiger partial charge in [-0.2, -0.15) is 0 Å². The minimum Gasteiger partial charge on any atom is -0.382 e. The third kappa shape index (κ3) is 6.44. The molecule has 122 valence electrons. The van der Waals surface area contributed by atoms with Crippen molar-refractivity contribution in [3.05, 3.63) is 0 Å². The summed E-state index contributed by atoms with van der Waals surface area (Å²) in [6, 6.07) is 0. The molecule has 0 radical (unpaired) electrons. The molecule has 1 aliphatic heterocycles. The molecule has 6 heteroatoms. The van der Waals surface area contributed by atoms with Crippen LogP contribution in [0.25, 0.3) is 0 Å². The van der Waals surface area contributed by atoms with E-state index < -0.39 is 0 Å². The van der Waals surface area contributed by atoms with Crippen molar-refractivity contribution in [3.8, 4) is 0 Å². The molecule has 1 rings (SSSR count). The Balaban J connectivity index is 2.08. The molecule has 0 unspecified atom stereocenters. The number of aliphatic hydroxyl groups excluding tert-OH is 1. The van der Waals surface area contributed by atoms with Gasteiger partial charge in [-0.15, -0.1) is 0 Å². The fraction of sp³-hybridized carbons (Fsp3) is 0.867. The van der Waals surface area contributed by atoms with Gasteiger partial charge in [-0.25, -0.2) is 0 Å². The van der Waals surface area contributed by atoms with E-state index in [1.807, 2.05) is 0 Å². The summed E-state index contributed by atoms with van der Waals surface area (Å²) in [4.78, 5) is 22.7. The molecule has 6 nitrogen and oxygen atoms in total. The normalized spacial score (nSPS) is 24.2. The number of quaternary nitrogens is 1. The maximum absolute atomic E-state index is 11.7. The van der Waals surface area contributed by atoms with Crippen LogP contribution in [-0.4, -0.2) is 67.3 Å². The molecule has 0 aromatic carbocycles. The predicted molar refractivity (Wildman–Crippen MR) is 81.6 cm³/mol. The molecule has 0 saturated carbocycles. The van der Waals surface area contributed by atoms with Gasteiger partial charge in [0.1, 0.15) is 13.1 Å². The summed E-state index contributed by atoms with van der Waals surface area (Å²) in [7, 11) is 1.62. The first-order valence-electron chi connectivity index (χ1n) is 8.02. The molecule has 1 heterocycles. The number of aliphatic hydroxyl groups is 1. The molecular weight excluding hydrogens is 270 g/mol. The Morgan fingerprint density at radius 1 is 1.14 bits per heavy atom. The molecule has 1 saturated heterocycles. The first-order valence-corrected chi connectivity index (χ1v) is 8.02. The van der Waals surface area contributed by atoms with Gasteiger partial charge in [-0.3, -0.25) is 9.59 Å². The fourth-order valence-electron chi connectivity index (χ4n) is 3.01. The first-order chi connectivity index (χ1) is 10.0. The summed E-state index contributed by atoms with van der Waals surface area (Å²) in [5.74, 6) is 0.0837. The van der Waals surface area contributed by atoms with E-state index in [9.17, 15) is 14.7 Å². The Morgan fingerprint density at radius 2 is 1.76 bits per heavy atom. The van der Waals surface area contributed by atoms with Gasteiger partial charge < -0.3 is 20.2 Å². The minimum atomic E-state index is -0.169. The lowest BCUT2D eigenvalue weighted by atomic mass is 10.1. The number of nitrogens with one attached hydrogen (secondary N) is 2. The molecule has 1 fully saturated rings. The molecule has 0 aromatic heterocycles. The van der Waals surface area contributed by atoms with Gasteiger partial charge in [0.05, 0.1) is 19.6 Å². The first kappa shape index (κ1) is 17.9. The lowest BCUT2D eigenvalue weighted by molar-refractivity contribution is -0.971. The van der Waals surface area contributed by atoms with Gasteiger partial charge in [0.25, 0.3) is 0 Å². The van der Waals surface area contributed by atoms with Crippen LogP contribution in [-0.2, 0) is 9.59 Å². The predicted octanol–water partition coefficient (Wildman–Crippen LogP) is 0.0103. The van der Waals surface area contributed by atoms with Crippen LogP contribution in [0, 0.1) is 0 Å². The number of likely N-dealkylation sites (tertiary alicyclic amines) is 1. The Hall–Kier alpha value is -1.14. The fourth-order valence-corrected chi connectivity index (χ4v) is 3.01. The van der Waals surface area contributed by atoms with E-state index in [2.05, 4.69) is 17.6 Å². The van der Waals surface area contributed by atoms with Gasteiger partial charge in [0.2, 0.25) is 11.8 Å². The van der Waals surface area contributed by atoms with Crippen LogP contribution in [0.3, 0.4) is 0 Å². The van der Waals surface area contributed by atoms with E-state index in [-0.39, 0.29) is 17.9 Å². The molecule has 2 amide bonds. The second-order valence-electron chi connectivity index (χ2n) is 6.04. The summed E-state index contributed by atoms with van der Waals surface area (Å²) in [6.45, 7) is 6.41. The van der Waals surface area contributed by atoms with Crippen LogP contribution in [0.5, 0.6) is 0 Å². The summed E-state index contributed by atoms with van der Waals surface area (Å²) in [5, 5.41) is 15.0. The number of hydrogen-bond acceptors (Lipinski definition) is 3. The highest BCUT2D eigenvalue weighted by Crippen LogP contribution is 2.20. The van der Waals surface area contributed by atoms with Crippen LogP contribution in [0.1, 0.15) is 39.0 Å². The number of rotatable bonds is 10. The number of hydrogen-bond donors (Lipinski definition) is 3. The molecular formula is C15H30N3O3+. The molecule has 3 N–H and O–H groups in total. The smallest absolute Gasteiger partial charge is 0.220 e. The zero-order chi connectivity index (χ0) is 15.7. The number of carbonyl (C=O) groups is 2. The average Bonchev–Trinajstić information content (AvgIpc) is 2.42. The van der Waals surface area contributed by atoms with Crippen molar-refractivity contribution in [2.45, 2.75) is 45.1 Å². The summed E-state index contributed by atoms with van der Waals surface area (Å²) in [5.41, 5.74) is 0. The van der Waals surface area contributed by atoms with E-state index >= 15 is 0 Å². The summed E-state index contributed by atoms with van der Waals surface area (Å²) >= 11 is 0. The zero-order valence-electron chi connectivity index (χ0n) is 13.4. The molecule has 0 bridgehead atoms. The van der Waals surface area contributed by atoms with Crippen molar-refractivity contribution < 1.29 is 19.2 Å². The second kappa shape index (κ2) is 9.00. The standard InChI is InChI=1S/C15H29N3O3/c1-3-9-18(11-13(19)12-18)10-8-17-15(21)7-5-4-6-14(20)16-2/h13,19H,3-12H2,1-2H3,(H-,16,17,20,21)/p+1.